The summed E-state index contributed by atoms with van der Waals surface area (Å²) in [6.07, 6.45) is 61.5. The number of amides is 1. The van der Waals surface area contributed by atoms with E-state index in [1.165, 1.54) is 257 Å². The Kier molecular flexibility index (Phi) is 51.0. The van der Waals surface area contributed by atoms with E-state index in [-0.39, 0.29) is 19.1 Å². The fourth-order valence-corrected chi connectivity index (χ4v) is 10.3. The molecule has 3 atom stereocenters. The van der Waals surface area contributed by atoms with E-state index in [1.807, 2.05) is 21.1 Å². The summed E-state index contributed by atoms with van der Waals surface area (Å²) in [5, 5.41) is 14.0. The molecule has 1 amide bonds. The molecule has 0 aliphatic carbocycles. The predicted molar refractivity (Wildman–Crippen MR) is 293 cm³/mol. The Labute approximate surface area is 425 Å². The molecule has 0 radical (unpaired) electrons. The molecule has 0 saturated heterocycles. The molecular weight excluding hydrogens is 864 g/mol. The van der Waals surface area contributed by atoms with Gasteiger partial charge in [-0.1, -0.05) is 303 Å². The molecular formula is C59H121N2O6P. The minimum Gasteiger partial charge on any atom is -0.756 e. The van der Waals surface area contributed by atoms with Crippen LogP contribution in [0.2, 0.25) is 0 Å². The average Bonchev–Trinajstić information content (AvgIpc) is 3.30. The number of aliphatic hydroxyl groups excluding tert-OH is 1. The molecule has 0 aromatic rings. The van der Waals surface area contributed by atoms with Crippen LogP contribution in [0.4, 0.5) is 0 Å². The maximum Gasteiger partial charge on any atom is 0.268 e. The second kappa shape index (κ2) is 51.4. The number of hydrogen-bond donors (Lipinski definition) is 2. The molecule has 0 aromatic carbocycles. The summed E-state index contributed by atoms with van der Waals surface area (Å²) >= 11 is 0. The van der Waals surface area contributed by atoms with Crippen LogP contribution < -0.4 is 10.2 Å². The van der Waals surface area contributed by atoms with Crippen molar-refractivity contribution >= 4 is 13.7 Å². The number of unbranched alkanes of at least 4 members (excludes halogenated alkanes) is 44. The van der Waals surface area contributed by atoms with E-state index in [2.05, 4.69) is 19.2 Å². The third-order valence-electron chi connectivity index (χ3n) is 14.3. The van der Waals surface area contributed by atoms with E-state index in [9.17, 15) is 19.4 Å². The Morgan fingerprint density at radius 1 is 0.456 bits per heavy atom. The molecule has 68 heavy (non-hydrogen) atoms. The summed E-state index contributed by atoms with van der Waals surface area (Å²) in [5.41, 5.74) is 0. The lowest BCUT2D eigenvalue weighted by Gasteiger charge is -2.30. The molecule has 9 heteroatoms. The van der Waals surface area contributed by atoms with Gasteiger partial charge >= 0.3 is 0 Å². The summed E-state index contributed by atoms with van der Waals surface area (Å²) in [5.74, 6) is -0.156. The number of aliphatic hydroxyl groups is 1. The lowest BCUT2D eigenvalue weighted by molar-refractivity contribution is -0.870. The Bertz CT molecular complexity index is 1070. The molecule has 0 bridgehead atoms. The van der Waals surface area contributed by atoms with Gasteiger partial charge in [0, 0.05) is 6.42 Å². The minimum absolute atomic E-state index is 0.0166. The Balaban J connectivity index is 3.99. The van der Waals surface area contributed by atoms with Crippen molar-refractivity contribution in [2.75, 3.05) is 40.9 Å². The van der Waals surface area contributed by atoms with Crippen LogP contribution in [0.15, 0.2) is 0 Å². The molecule has 1 unspecified atom stereocenters. The number of phosphoric ester groups is 1. The standard InChI is InChI=1S/C59H121N2O6P/c1-6-8-10-12-14-16-18-20-22-24-25-26-27-28-29-30-31-32-33-34-35-36-37-39-41-43-45-47-49-51-53-59(63)60-57(56-67-68(64,65)66-55-54-61(3,4)5)58(62)52-50-48-46-44-42-40-38-23-21-19-17-15-13-11-9-7-2/h57-58,62H,6-56H2,1-5H3,(H-,60,63,64,65)/t57-,58+/m0/s1. The van der Waals surface area contributed by atoms with Crippen molar-refractivity contribution in [2.24, 2.45) is 0 Å². The summed E-state index contributed by atoms with van der Waals surface area (Å²) in [7, 11) is 1.33. The normalized spacial score (nSPS) is 13.8. The molecule has 0 fully saturated rings. The zero-order valence-corrected chi connectivity index (χ0v) is 47.5. The molecule has 2 N–H and O–H groups in total. The minimum atomic E-state index is -4.57. The number of quaternary nitrogens is 1. The van der Waals surface area contributed by atoms with Gasteiger partial charge in [0.25, 0.3) is 7.82 Å². The van der Waals surface area contributed by atoms with Crippen LogP contribution in [0.1, 0.15) is 322 Å². The zero-order chi connectivity index (χ0) is 49.9. The van der Waals surface area contributed by atoms with Gasteiger partial charge in [-0.15, -0.1) is 0 Å². The summed E-state index contributed by atoms with van der Waals surface area (Å²) in [6, 6.07) is -0.795. The van der Waals surface area contributed by atoms with Gasteiger partial charge < -0.3 is 28.8 Å². The lowest BCUT2D eigenvalue weighted by atomic mass is 10.0. The van der Waals surface area contributed by atoms with E-state index < -0.39 is 20.0 Å². The van der Waals surface area contributed by atoms with Gasteiger partial charge in [-0.25, -0.2) is 0 Å². The number of rotatable bonds is 57. The summed E-state index contributed by atoms with van der Waals surface area (Å²) in [6.45, 7) is 4.78. The first-order chi connectivity index (χ1) is 33.0. The van der Waals surface area contributed by atoms with E-state index >= 15 is 0 Å². The van der Waals surface area contributed by atoms with Crippen molar-refractivity contribution < 1.29 is 32.9 Å². The second-order valence-electron chi connectivity index (χ2n) is 22.4. The first-order valence-electron chi connectivity index (χ1n) is 30.4. The molecule has 0 aliphatic rings. The first-order valence-corrected chi connectivity index (χ1v) is 31.8. The number of likely N-dealkylation sites (N-methyl/N-ethyl adjacent to an activating group) is 1. The maximum absolute atomic E-state index is 13.0. The van der Waals surface area contributed by atoms with Crippen molar-refractivity contribution in [1.29, 1.82) is 0 Å². The lowest BCUT2D eigenvalue weighted by Crippen LogP contribution is -2.46. The van der Waals surface area contributed by atoms with Crippen LogP contribution in [-0.4, -0.2) is 68.5 Å². The highest BCUT2D eigenvalue weighted by molar-refractivity contribution is 7.45. The molecule has 0 heterocycles. The molecule has 0 aliphatic heterocycles. The van der Waals surface area contributed by atoms with Crippen LogP contribution in [0.25, 0.3) is 0 Å². The quantitative estimate of drug-likeness (QED) is 0.0357. The number of carbonyl (C=O) groups excluding carboxylic acids is 1. The number of hydrogen-bond acceptors (Lipinski definition) is 6. The van der Waals surface area contributed by atoms with Crippen LogP contribution >= 0.6 is 7.82 Å². The zero-order valence-electron chi connectivity index (χ0n) is 46.6. The van der Waals surface area contributed by atoms with Crippen molar-refractivity contribution in [3.05, 3.63) is 0 Å². The van der Waals surface area contributed by atoms with Gasteiger partial charge in [0.05, 0.1) is 39.9 Å². The van der Waals surface area contributed by atoms with Gasteiger partial charge in [-0.2, -0.15) is 0 Å². The topological polar surface area (TPSA) is 108 Å². The van der Waals surface area contributed by atoms with Crippen LogP contribution in [0.5, 0.6) is 0 Å². The highest BCUT2D eigenvalue weighted by Gasteiger charge is 2.24. The average molecular weight is 986 g/mol. The number of carbonyl (C=O) groups is 1. The molecule has 0 aromatic heterocycles. The van der Waals surface area contributed by atoms with Crippen LogP contribution in [-0.2, 0) is 18.4 Å². The molecule has 8 nitrogen and oxygen atoms in total. The Hall–Kier alpha value is -0.500. The first kappa shape index (κ1) is 67.5. The fourth-order valence-electron chi connectivity index (χ4n) is 9.57. The third kappa shape index (κ3) is 53.3. The van der Waals surface area contributed by atoms with Crippen molar-refractivity contribution in [1.82, 2.24) is 5.32 Å². The number of nitrogens with one attached hydrogen (secondary N) is 1. The van der Waals surface area contributed by atoms with Crippen molar-refractivity contribution in [3.63, 3.8) is 0 Å². The van der Waals surface area contributed by atoms with Gasteiger partial charge in [0.1, 0.15) is 13.2 Å². The van der Waals surface area contributed by atoms with E-state index in [4.69, 9.17) is 9.05 Å². The van der Waals surface area contributed by atoms with Crippen molar-refractivity contribution in [3.8, 4) is 0 Å². The van der Waals surface area contributed by atoms with Crippen molar-refractivity contribution in [2.45, 2.75) is 334 Å². The largest absolute Gasteiger partial charge is 0.756 e. The fraction of sp³-hybridized carbons (Fsp3) is 0.983. The van der Waals surface area contributed by atoms with Crippen LogP contribution in [0, 0.1) is 0 Å². The maximum atomic E-state index is 13.0. The van der Waals surface area contributed by atoms with Gasteiger partial charge in [0.2, 0.25) is 5.91 Å². The number of phosphoric acid groups is 1. The SMILES string of the molecule is CCCCCCCCCCCCCCCCCCCCCCCCCCCCCCCCC(=O)N[C@@H](COP(=O)([O-])OCC[N+](C)(C)C)[C@H](O)CCCCCCCCCCCCCCCCCC. The second-order valence-corrected chi connectivity index (χ2v) is 23.8. The van der Waals surface area contributed by atoms with Gasteiger partial charge in [-0.05, 0) is 12.8 Å². The number of nitrogens with zero attached hydrogens (tertiary/aromatic N) is 1. The summed E-state index contributed by atoms with van der Waals surface area (Å²) < 4.78 is 23.4. The predicted octanol–water partition coefficient (Wildman–Crippen LogP) is 17.8. The van der Waals surface area contributed by atoms with Crippen LogP contribution in [0.3, 0.4) is 0 Å². The highest BCUT2D eigenvalue weighted by Crippen LogP contribution is 2.38. The molecule has 0 rings (SSSR count). The highest BCUT2D eigenvalue weighted by atomic mass is 31.2. The van der Waals surface area contributed by atoms with E-state index in [0.29, 0.717) is 23.9 Å². The van der Waals surface area contributed by atoms with E-state index in [0.717, 1.165) is 38.5 Å². The molecule has 408 valence electrons. The smallest absolute Gasteiger partial charge is 0.268 e. The van der Waals surface area contributed by atoms with Gasteiger partial charge in [-0.3, -0.25) is 9.36 Å². The third-order valence-corrected chi connectivity index (χ3v) is 15.3. The summed E-state index contributed by atoms with van der Waals surface area (Å²) in [4.78, 5) is 25.5. The van der Waals surface area contributed by atoms with Gasteiger partial charge in [0.15, 0.2) is 0 Å². The Morgan fingerprint density at radius 3 is 1.00 bits per heavy atom. The molecule has 0 spiro atoms. The van der Waals surface area contributed by atoms with E-state index in [1.54, 1.807) is 0 Å². The Morgan fingerprint density at radius 2 is 0.721 bits per heavy atom. The molecule has 0 saturated carbocycles. The monoisotopic (exact) mass is 985 g/mol.